The van der Waals surface area contributed by atoms with E-state index in [1.807, 2.05) is 12.1 Å². The number of carbonyl (C=O) groups is 2. The van der Waals surface area contributed by atoms with Crippen LogP contribution in [-0.4, -0.2) is 53.9 Å². The first kappa shape index (κ1) is 19.4. The van der Waals surface area contributed by atoms with E-state index >= 15 is 0 Å². The molecule has 0 unspecified atom stereocenters. The van der Waals surface area contributed by atoms with Gasteiger partial charge in [0.15, 0.2) is 5.78 Å². The highest BCUT2D eigenvalue weighted by atomic mass is 32.1. The normalized spacial score (nSPS) is 27.5. The lowest BCUT2D eigenvalue weighted by atomic mass is 9.77. The number of H-pyrrole nitrogens is 1. The number of nitrogens with one attached hydrogen (secondary N) is 2. The van der Waals surface area contributed by atoms with Crippen molar-refractivity contribution >= 4 is 23.0 Å². The molecule has 0 aromatic carbocycles. The van der Waals surface area contributed by atoms with Gasteiger partial charge in [-0.05, 0) is 60.7 Å². The van der Waals surface area contributed by atoms with Gasteiger partial charge in [-0.3, -0.25) is 14.5 Å². The van der Waals surface area contributed by atoms with Crippen LogP contribution in [-0.2, 0) is 11.3 Å². The molecule has 2 aromatic rings. The van der Waals surface area contributed by atoms with Crippen LogP contribution in [0.15, 0.2) is 29.8 Å². The molecule has 1 aliphatic carbocycles. The summed E-state index contributed by atoms with van der Waals surface area (Å²) in [5.74, 6) is 1.22. The van der Waals surface area contributed by atoms with Crippen LogP contribution in [0.25, 0.3) is 0 Å². The number of rotatable bonds is 6. The quantitative estimate of drug-likeness (QED) is 0.730. The van der Waals surface area contributed by atoms with Crippen LogP contribution >= 0.6 is 11.3 Å². The maximum Gasteiger partial charge on any atom is 0.267 e. The van der Waals surface area contributed by atoms with Gasteiger partial charge in [0, 0.05) is 32.9 Å². The van der Waals surface area contributed by atoms with Crippen LogP contribution in [0.3, 0.4) is 0 Å². The maximum absolute atomic E-state index is 12.5. The van der Waals surface area contributed by atoms with E-state index in [1.54, 1.807) is 26.3 Å². The summed E-state index contributed by atoms with van der Waals surface area (Å²) < 4.78 is 5.73. The molecule has 4 atom stereocenters. The van der Waals surface area contributed by atoms with Crippen molar-refractivity contribution in [2.24, 2.45) is 11.8 Å². The summed E-state index contributed by atoms with van der Waals surface area (Å²) in [6.07, 6.45) is 3.71. The van der Waals surface area contributed by atoms with E-state index < -0.39 is 0 Å². The Hall–Kier alpha value is -1.96. The monoisotopic (exact) mass is 401 g/mol. The summed E-state index contributed by atoms with van der Waals surface area (Å²) in [5, 5.41) is 5.26. The second-order valence-electron chi connectivity index (χ2n) is 8.00. The highest BCUT2D eigenvalue weighted by molar-refractivity contribution is 7.12. The highest BCUT2D eigenvalue weighted by Crippen LogP contribution is 2.38. The van der Waals surface area contributed by atoms with Crippen LogP contribution in [0.5, 0.6) is 0 Å². The number of methoxy groups -OCH3 is 1. The zero-order chi connectivity index (χ0) is 19.7. The van der Waals surface area contributed by atoms with Crippen molar-refractivity contribution in [3.05, 3.63) is 45.9 Å². The molecule has 1 amide bonds. The summed E-state index contributed by atoms with van der Waals surface area (Å²) in [5.41, 5.74) is 1.80. The van der Waals surface area contributed by atoms with Crippen molar-refractivity contribution < 1.29 is 14.3 Å². The van der Waals surface area contributed by atoms with Crippen molar-refractivity contribution in [2.45, 2.75) is 38.5 Å². The summed E-state index contributed by atoms with van der Waals surface area (Å²) in [6.45, 7) is 4.58. The number of thiophene rings is 1. The lowest BCUT2D eigenvalue weighted by Gasteiger charge is -2.37. The zero-order valence-electron chi connectivity index (χ0n) is 16.3. The average Bonchev–Trinajstić information content (AvgIpc) is 3.41. The zero-order valence-corrected chi connectivity index (χ0v) is 17.1. The van der Waals surface area contributed by atoms with Crippen LogP contribution in [0.1, 0.15) is 45.5 Å². The Labute approximate surface area is 169 Å². The molecule has 2 aliphatic rings. The van der Waals surface area contributed by atoms with Crippen LogP contribution in [0, 0.1) is 11.8 Å². The van der Waals surface area contributed by atoms with Gasteiger partial charge < -0.3 is 15.0 Å². The molecule has 7 heteroatoms. The van der Waals surface area contributed by atoms with Crippen molar-refractivity contribution in [3.8, 4) is 0 Å². The van der Waals surface area contributed by atoms with Gasteiger partial charge >= 0.3 is 0 Å². The Morgan fingerprint density at radius 1 is 1.32 bits per heavy atom. The molecular formula is C21H27N3O3S. The van der Waals surface area contributed by atoms with E-state index in [0.717, 1.165) is 37.4 Å². The number of aromatic nitrogens is 1. The molecule has 28 heavy (non-hydrogen) atoms. The predicted octanol–water partition coefficient (Wildman–Crippen LogP) is 2.93. The van der Waals surface area contributed by atoms with E-state index in [9.17, 15) is 9.59 Å². The third-order valence-corrected chi connectivity index (χ3v) is 7.14. The Morgan fingerprint density at radius 2 is 2.11 bits per heavy atom. The highest BCUT2D eigenvalue weighted by Gasteiger charge is 2.42. The van der Waals surface area contributed by atoms with E-state index in [4.69, 9.17) is 4.74 Å². The Kier molecular flexibility index (Phi) is 5.66. The van der Waals surface area contributed by atoms with Gasteiger partial charge in [-0.15, -0.1) is 11.3 Å². The predicted molar refractivity (Wildman–Crippen MR) is 109 cm³/mol. The first-order chi connectivity index (χ1) is 13.5. The number of amides is 1. The summed E-state index contributed by atoms with van der Waals surface area (Å²) in [4.78, 5) is 30.3. The van der Waals surface area contributed by atoms with E-state index in [-0.39, 0.29) is 23.8 Å². The number of nitrogens with zero attached hydrogens (tertiary/aromatic N) is 1. The average molecular weight is 402 g/mol. The maximum atomic E-state index is 12.5. The molecule has 2 aromatic heterocycles. The number of ether oxygens (including phenoxy) is 1. The van der Waals surface area contributed by atoms with Crippen LogP contribution in [0.2, 0.25) is 0 Å². The van der Waals surface area contributed by atoms with Gasteiger partial charge in [0.05, 0.1) is 17.0 Å². The van der Waals surface area contributed by atoms with Gasteiger partial charge in [0.2, 0.25) is 0 Å². The molecule has 2 fully saturated rings. The standard InChI is InChI=1S/C21H27N3O3S/c1-13(25)20-6-14(12-28-20)9-24-10-15-7-18(19(27-2)8-16(15)11-24)23-21(26)17-4-3-5-22-17/h3-6,12,15-16,18-19,22H,7-11H2,1-2H3,(H,23,26)/t15-,16+,18-,19-/m0/s1. The number of fused-ring (bicyclic) bond motifs is 1. The number of carbonyl (C=O) groups excluding carboxylic acids is 2. The number of aromatic amines is 1. The van der Waals surface area contributed by atoms with Crippen LogP contribution < -0.4 is 5.32 Å². The Balaban J connectivity index is 1.38. The number of likely N-dealkylation sites (tertiary alicyclic amines) is 1. The minimum atomic E-state index is -0.0691. The van der Waals surface area contributed by atoms with Crippen molar-refractivity contribution in [1.82, 2.24) is 15.2 Å². The molecular weight excluding hydrogens is 374 g/mol. The van der Waals surface area contributed by atoms with Gasteiger partial charge in [0.1, 0.15) is 5.69 Å². The Bertz CT molecular complexity index is 832. The number of Topliss-reactive ketones (excluding diaryl/α,β-unsaturated/α-hetero) is 1. The van der Waals surface area contributed by atoms with Gasteiger partial charge in [-0.25, -0.2) is 0 Å². The fourth-order valence-corrected chi connectivity index (χ4v) is 5.48. The lowest BCUT2D eigenvalue weighted by molar-refractivity contribution is 0.0124. The first-order valence-electron chi connectivity index (χ1n) is 9.81. The third-order valence-electron chi connectivity index (χ3n) is 6.06. The number of hydrogen-bond donors (Lipinski definition) is 2. The van der Waals surface area contributed by atoms with Crippen molar-refractivity contribution in [2.75, 3.05) is 20.2 Å². The van der Waals surface area contributed by atoms with E-state index in [0.29, 0.717) is 17.5 Å². The summed E-state index contributed by atoms with van der Waals surface area (Å²) in [6, 6.07) is 5.67. The lowest BCUT2D eigenvalue weighted by Crippen LogP contribution is -2.50. The molecule has 0 radical (unpaired) electrons. The largest absolute Gasteiger partial charge is 0.379 e. The summed E-state index contributed by atoms with van der Waals surface area (Å²) >= 11 is 1.53. The molecule has 150 valence electrons. The topological polar surface area (TPSA) is 74.4 Å². The van der Waals surface area contributed by atoms with E-state index in [1.165, 1.54) is 16.9 Å². The fourth-order valence-electron chi connectivity index (χ4n) is 4.67. The molecule has 0 spiro atoms. The molecule has 1 aliphatic heterocycles. The number of hydrogen-bond acceptors (Lipinski definition) is 5. The first-order valence-corrected chi connectivity index (χ1v) is 10.7. The van der Waals surface area contributed by atoms with Gasteiger partial charge in [-0.1, -0.05) is 0 Å². The van der Waals surface area contributed by atoms with Crippen molar-refractivity contribution in [3.63, 3.8) is 0 Å². The van der Waals surface area contributed by atoms with Crippen molar-refractivity contribution in [1.29, 1.82) is 0 Å². The molecule has 4 rings (SSSR count). The fraction of sp³-hybridized carbons (Fsp3) is 0.524. The second kappa shape index (κ2) is 8.19. The van der Waals surface area contributed by atoms with E-state index in [2.05, 4.69) is 20.6 Å². The minimum absolute atomic E-state index is 0.0347. The molecule has 3 heterocycles. The minimum Gasteiger partial charge on any atom is -0.379 e. The van der Waals surface area contributed by atoms with Gasteiger partial charge in [0.25, 0.3) is 5.91 Å². The molecule has 6 nitrogen and oxygen atoms in total. The van der Waals surface area contributed by atoms with Gasteiger partial charge in [-0.2, -0.15) is 0 Å². The Morgan fingerprint density at radius 3 is 2.75 bits per heavy atom. The second-order valence-corrected chi connectivity index (χ2v) is 8.91. The summed E-state index contributed by atoms with van der Waals surface area (Å²) in [7, 11) is 1.74. The molecule has 1 saturated carbocycles. The molecule has 2 N–H and O–H groups in total. The molecule has 1 saturated heterocycles. The smallest absolute Gasteiger partial charge is 0.267 e. The molecule has 0 bridgehead atoms. The third kappa shape index (κ3) is 4.06. The number of ketones is 1. The van der Waals surface area contributed by atoms with Crippen LogP contribution in [0.4, 0.5) is 0 Å². The SMILES string of the molecule is CO[C@H]1C[C@@H]2CN(Cc3csc(C(C)=O)c3)C[C@@H]2C[C@@H]1NC(=O)c1ccc[nH]1.